The van der Waals surface area contributed by atoms with Crippen molar-refractivity contribution in [1.82, 2.24) is 0 Å². The van der Waals surface area contributed by atoms with Gasteiger partial charge >= 0.3 is 5.97 Å². The van der Waals surface area contributed by atoms with E-state index in [0.717, 1.165) is 19.3 Å². The molecule has 0 aliphatic carbocycles. The van der Waals surface area contributed by atoms with E-state index in [4.69, 9.17) is 14.6 Å². The van der Waals surface area contributed by atoms with E-state index in [1.807, 2.05) is 0 Å². The van der Waals surface area contributed by atoms with Crippen LogP contribution in [0.4, 0.5) is 0 Å². The van der Waals surface area contributed by atoms with Gasteiger partial charge in [-0.25, -0.2) is 4.79 Å². The van der Waals surface area contributed by atoms with Crippen LogP contribution in [0.2, 0.25) is 0 Å². The SMILES string of the molecule is CCCCCCCCCCCCOC1=C(O)C(=O)O[C@@H]1[C@H](O)CO. The highest BCUT2D eigenvalue weighted by Crippen LogP contribution is 2.25. The second kappa shape index (κ2) is 12.1. The summed E-state index contributed by atoms with van der Waals surface area (Å²) in [6.07, 6.45) is 9.61. The number of rotatable bonds is 14. The van der Waals surface area contributed by atoms with Crippen molar-refractivity contribution in [3.8, 4) is 0 Å². The van der Waals surface area contributed by atoms with Crippen LogP contribution in [0.5, 0.6) is 0 Å². The number of cyclic esters (lactones) is 1. The Kier molecular flexibility index (Phi) is 10.5. The van der Waals surface area contributed by atoms with Crippen LogP contribution in [0.25, 0.3) is 0 Å². The van der Waals surface area contributed by atoms with Gasteiger partial charge in [-0.05, 0) is 6.42 Å². The van der Waals surface area contributed by atoms with Crippen molar-refractivity contribution in [3.63, 3.8) is 0 Å². The Morgan fingerprint density at radius 2 is 1.58 bits per heavy atom. The molecule has 0 saturated carbocycles. The Hall–Kier alpha value is -1.27. The molecule has 0 aromatic heterocycles. The first kappa shape index (κ1) is 20.8. The summed E-state index contributed by atoms with van der Waals surface area (Å²) in [5.74, 6) is -1.61. The third kappa shape index (κ3) is 7.09. The normalized spacial score (nSPS) is 18.8. The number of esters is 1. The molecule has 0 bridgehead atoms. The predicted octanol–water partition coefficient (Wildman–Crippen LogP) is 2.97. The highest BCUT2D eigenvalue weighted by atomic mass is 16.6. The first-order valence-electron chi connectivity index (χ1n) is 9.17. The maximum absolute atomic E-state index is 11.3. The molecule has 0 fully saturated rings. The molecule has 0 spiro atoms. The van der Waals surface area contributed by atoms with Gasteiger partial charge in [0.1, 0.15) is 6.10 Å². The maximum atomic E-state index is 11.3. The van der Waals surface area contributed by atoms with E-state index >= 15 is 0 Å². The first-order valence-corrected chi connectivity index (χ1v) is 9.17. The minimum Gasteiger partial charge on any atom is -0.499 e. The van der Waals surface area contributed by atoms with Crippen LogP contribution >= 0.6 is 0 Å². The summed E-state index contributed by atoms with van der Waals surface area (Å²) >= 11 is 0. The van der Waals surface area contributed by atoms with Crippen LogP contribution < -0.4 is 0 Å². The summed E-state index contributed by atoms with van der Waals surface area (Å²) in [7, 11) is 0. The third-order valence-electron chi connectivity index (χ3n) is 4.21. The molecule has 0 aromatic rings. The van der Waals surface area contributed by atoms with E-state index in [2.05, 4.69) is 6.92 Å². The molecule has 0 amide bonds. The lowest BCUT2D eigenvalue weighted by Gasteiger charge is -2.18. The molecule has 1 aliphatic heterocycles. The lowest BCUT2D eigenvalue weighted by atomic mass is 10.1. The van der Waals surface area contributed by atoms with Gasteiger partial charge in [-0.15, -0.1) is 0 Å². The van der Waals surface area contributed by atoms with Crippen LogP contribution in [0.3, 0.4) is 0 Å². The number of aliphatic hydroxyl groups is 3. The van der Waals surface area contributed by atoms with Crippen LogP contribution in [0.15, 0.2) is 11.5 Å². The monoisotopic (exact) mass is 344 g/mol. The molecule has 0 saturated heterocycles. The quantitative estimate of drug-likeness (QED) is 0.331. The topological polar surface area (TPSA) is 96.2 Å². The fourth-order valence-electron chi connectivity index (χ4n) is 2.73. The molecule has 24 heavy (non-hydrogen) atoms. The third-order valence-corrected chi connectivity index (χ3v) is 4.21. The van der Waals surface area contributed by atoms with Crippen molar-refractivity contribution in [2.24, 2.45) is 0 Å². The largest absolute Gasteiger partial charge is 0.499 e. The average Bonchev–Trinajstić information content (AvgIpc) is 2.87. The van der Waals surface area contributed by atoms with Gasteiger partial charge in [-0.1, -0.05) is 64.7 Å². The van der Waals surface area contributed by atoms with Gasteiger partial charge in [0.05, 0.1) is 13.2 Å². The average molecular weight is 344 g/mol. The molecule has 1 heterocycles. The summed E-state index contributed by atoms with van der Waals surface area (Å²) in [5.41, 5.74) is 0. The zero-order valence-electron chi connectivity index (χ0n) is 14.7. The van der Waals surface area contributed by atoms with Crippen LogP contribution in [0, 0.1) is 0 Å². The molecule has 1 rings (SSSR count). The van der Waals surface area contributed by atoms with Crippen molar-refractivity contribution in [1.29, 1.82) is 0 Å². The fraction of sp³-hybridized carbons (Fsp3) is 0.833. The zero-order chi connectivity index (χ0) is 17.8. The smallest absolute Gasteiger partial charge is 0.378 e. The van der Waals surface area contributed by atoms with Gasteiger partial charge < -0.3 is 24.8 Å². The number of aliphatic hydroxyl groups excluding tert-OH is 3. The highest BCUT2D eigenvalue weighted by Gasteiger charge is 2.40. The molecule has 2 atom stereocenters. The lowest BCUT2D eigenvalue weighted by molar-refractivity contribution is -0.148. The number of hydrogen-bond acceptors (Lipinski definition) is 6. The number of carbonyl (C=O) groups is 1. The molecule has 6 heteroatoms. The van der Waals surface area contributed by atoms with Gasteiger partial charge in [0.25, 0.3) is 0 Å². The number of carbonyl (C=O) groups excluding carboxylic acids is 1. The molecule has 0 radical (unpaired) electrons. The van der Waals surface area contributed by atoms with Crippen molar-refractivity contribution in [2.75, 3.05) is 13.2 Å². The summed E-state index contributed by atoms with van der Waals surface area (Å²) in [6.45, 7) is 2.00. The minimum absolute atomic E-state index is 0.0718. The summed E-state index contributed by atoms with van der Waals surface area (Å²) in [6, 6.07) is 0. The van der Waals surface area contributed by atoms with E-state index in [1.165, 1.54) is 44.9 Å². The minimum atomic E-state index is -1.29. The van der Waals surface area contributed by atoms with Gasteiger partial charge in [0.2, 0.25) is 5.76 Å². The van der Waals surface area contributed by atoms with Crippen molar-refractivity contribution < 1.29 is 29.6 Å². The number of unbranched alkanes of at least 4 members (excludes halogenated alkanes) is 9. The highest BCUT2D eigenvalue weighted by molar-refractivity contribution is 5.89. The van der Waals surface area contributed by atoms with E-state index in [1.54, 1.807) is 0 Å². The Balaban J connectivity index is 2.10. The summed E-state index contributed by atoms with van der Waals surface area (Å²) in [4.78, 5) is 11.3. The molecule has 6 nitrogen and oxygen atoms in total. The van der Waals surface area contributed by atoms with Crippen LogP contribution in [-0.2, 0) is 14.3 Å². The standard InChI is InChI=1S/C18H32O6/c1-2-3-4-5-6-7-8-9-10-11-12-23-17-15(21)18(22)24-16(17)14(20)13-19/h14,16,19-21H,2-13H2,1H3/t14-,16-/m1/s1. The van der Waals surface area contributed by atoms with Crippen molar-refractivity contribution >= 4 is 5.97 Å². The van der Waals surface area contributed by atoms with E-state index in [9.17, 15) is 15.0 Å². The van der Waals surface area contributed by atoms with E-state index in [-0.39, 0.29) is 5.76 Å². The van der Waals surface area contributed by atoms with Gasteiger partial charge in [-0.2, -0.15) is 0 Å². The number of hydrogen-bond donors (Lipinski definition) is 3. The van der Waals surface area contributed by atoms with E-state index < -0.39 is 30.5 Å². The van der Waals surface area contributed by atoms with Gasteiger partial charge in [0, 0.05) is 0 Å². The Morgan fingerprint density at radius 3 is 2.12 bits per heavy atom. The van der Waals surface area contributed by atoms with Gasteiger partial charge in [-0.3, -0.25) is 0 Å². The second-order valence-electron chi connectivity index (χ2n) is 6.32. The zero-order valence-corrected chi connectivity index (χ0v) is 14.7. The summed E-state index contributed by atoms with van der Waals surface area (Å²) < 4.78 is 10.2. The lowest BCUT2D eigenvalue weighted by Crippen LogP contribution is -2.32. The van der Waals surface area contributed by atoms with Crippen molar-refractivity contribution in [2.45, 2.75) is 83.3 Å². The Morgan fingerprint density at radius 1 is 1.04 bits per heavy atom. The molecule has 0 unspecified atom stereocenters. The molecular weight excluding hydrogens is 312 g/mol. The second-order valence-corrected chi connectivity index (χ2v) is 6.32. The Labute approximate surface area is 144 Å². The van der Waals surface area contributed by atoms with Gasteiger partial charge in [0.15, 0.2) is 11.9 Å². The first-order chi connectivity index (χ1) is 11.6. The molecule has 140 valence electrons. The molecule has 1 aliphatic rings. The fourth-order valence-corrected chi connectivity index (χ4v) is 2.73. The van der Waals surface area contributed by atoms with Crippen LogP contribution in [-0.4, -0.2) is 46.7 Å². The molecule has 0 aromatic carbocycles. The van der Waals surface area contributed by atoms with E-state index in [0.29, 0.717) is 6.61 Å². The Bertz CT molecular complexity index is 393. The predicted molar refractivity (Wildman–Crippen MR) is 90.4 cm³/mol. The molecule has 3 N–H and O–H groups in total. The molecular formula is C18H32O6. The maximum Gasteiger partial charge on any atom is 0.378 e. The summed E-state index contributed by atoms with van der Waals surface area (Å²) in [5, 5.41) is 28.2. The van der Waals surface area contributed by atoms with Crippen molar-refractivity contribution in [3.05, 3.63) is 11.5 Å². The number of ether oxygens (including phenoxy) is 2. The van der Waals surface area contributed by atoms with Crippen LogP contribution in [0.1, 0.15) is 71.1 Å².